The molecule has 1 aliphatic rings. The lowest BCUT2D eigenvalue weighted by Gasteiger charge is -2.29. The van der Waals surface area contributed by atoms with Crippen molar-refractivity contribution in [3.8, 4) is 0 Å². The van der Waals surface area contributed by atoms with Crippen LogP contribution in [0.25, 0.3) is 0 Å². The molecule has 1 fully saturated rings. The van der Waals surface area contributed by atoms with Gasteiger partial charge in [-0.2, -0.15) is 0 Å². The Kier molecular flexibility index (Phi) is 10.8. The first-order valence-electron chi connectivity index (χ1n) is 12.8. The van der Waals surface area contributed by atoms with Gasteiger partial charge in [0.15, 0.2) is 0 Å². The number of piperazine rings is 1. The Hall–Kier alpha value is -3.16. The van der Waals surface area contributed by atoms with E-state index in [0.29, 0.717) is 13.0 Å². The number of esters is 1. The molecule has 8 nitrogen and oxygen atoms in total. The van der Waals surface area contributed by atoms with Crippen LogP contribution in [0.3, 0.4) is 0 Å². The summed E-state index contributed by atoms with van der Waals surface area (Å²) in [6, 6.07) is 8.01. The first kappa shape index (κ1) is 26.4. The molecular weight excluding hydrogens is 444 g/mol. The van der Waals surface area contributed by atoms with Gasteiger partial charge in [-0.05, 0) is 24.8 Å². The van der Waals surface area contributed by atoms with Gasteiger partial charge in [0, 0.05) is 6.42 Å². The summed E-state index contributed by atoms with van der Waals surface area (Å²) in [5.41, 5.74) is 0.966. The minimum absolute atomic E-state index is 0.142. The second-order valence-corrected chi connectivity index (χ2v) is 9.38. The monoisotopic (exact) mass is 483 g/mol. The highest BCUT2D eigenvalue weighted by atomic mass is 16.5. The van der Waals surface area contributed by atoms with Crippen molar-refractivity contribution in [2.45, 2.75) is 82.8 Å². The average molecular weight is 484 g/mol. The van der Waals surface area contributed by atoms with Crippen LogP contribution in [-0.4, -0.2) is 41.0 Å². The van der Waals surface area contributed by atoms with Crippen LogP contribution in [0, 0.1) is 0 Å². The summed E-state index contributed by atoms with van der Waals surface area (Å²) in [7, 11) is 2.04. The average Bonchev–Trinajstić information content (AvgIpc) is 3.26. The molecule has 2 heterocycles. The molecular formula is C27H39N4O4+. The minimum atomic E-state index is -0.873. The van der Waals surface area contributed by atoms with Crippen molar-refractivity contribution in [3.63, 3.8) is 0 Å². The molecule has 0 radical (unpaired) electrons. The lowest BCUT2D eigenvalue weighted by atomic mass is 10.0. The topological polar surface area (TPSA) is 93.3 Å². The standard InChI is InChI=1S/C27H38N4O4/c1-30-16-17-31(21-30)15-11-6-4-2-3-5-7-12-18-35-25(32)20-24-27(34)28-23(26(33)29-24)19-22-13-9-8-10-14-22/h8-10,13-14,16-17,21,23-24H,2-7,11-12,15,18-20H2,1H3,(H-,28,29,33,34)/p+1/t23-,24-/m0/s1. The van der Waals surface area contributed by atoms with Gasteiger partial charge in [0.1, 0.15) is 24.5 Å². The molecule has 0 saturated carbocycles. The maximum atomic E-state index is 12.4. The zero-order valence-electron chi connectivity index (χ0n) is 20.8. The number of unbranched alkanes of at least 4 members (excludes halogenated alkanes) is 7. The van der Waals surface area contributed by atoms with Gasteiger partial charge in [-0.25, -0.2) is 9.13 Å². The Bertz CT molecular complexity index is 944. The highest BCUT2D eigenvalue weighted by Gasteiger charge is 2.35. The predicted molar refractivity (Wildman–Crippen MR) is 132 cm³/mol. The Balaban J connectivity index is 1.18. The van der Waals surface area contributed by atoms with Gasteiger partial charge in [-0.1, -0.05) is 62.4 Å². The number of aromatic nitrogens is 2. The van der Waals surface area contributed by atoms with Crippen LogP contribution in [0.4, 0.5) is 0 Å². The summed E-state index contributed by atoms with van der Waals surface area (Å²) >= 11 is 0. The Labute approximate surface area is 208 Å². The molecule has 1 aliphatic heterocycles. The van der Waals surface area contributed by atoms with E-state index in [0.717, 1.165) is 31.4 Å². The second-order valence-electron chi connectivity index (χ2n) is 9.38. The van der Waals surface area contributed by atoms with Crippen LogP contribution in [0.2, 0.25) is 0 Å². The largest absolute Gasteiger partial charge is 0.466 e. The van der Waals surface area contributed by atoms with Crippen LogP contribution in [0.15, 0.2) is 49.1 Å². The fourth-order valence-electron chi connectivity index (χ4n) is 4.32. The van der Waals surface area contributed by atoms with Crippen molar-refractivity contribution in [1.82, 2.24) is 15.2 Å². The fraction of sp³-hybridized carbons (Fsp3) is 0.556. The molecule has 1 aromatic heterocycles. The molecule has 0 spiro atoms. The molecule has 190 valence electrons. The molecule has 35 heavy (non-hydrogen) atoms. The lowest BCUT2D eigenvalue weighted by Crippen LogP contribution is -2.62. The number of carbonyl (C=O) groups excluding carboxylic acids is 3. The SMILES string of the molecule is C[n+]1ccn(CCCCCCCCCCOC(=O)C[C@@H]2NC(=O)[C@H](Cc3ccccc3)NC2=O)c1. The Morgan fingerprint density at radius 2 is 1.54 bits per heavy atom. The molecule has 8 heteroatoms. The van der Waals surface area contributed by atoms with Crippen LogP contribution in [-0.2, 0) is 39.1 Å². The maximum Gasteiger partial charge on any atom is 0.308 e. The normalized spacial score (nSPS) is 17.6. The number of benzene rings is 1. The van der Waals surface area contributed by atoms with Gasteiger partial charge < -0.3 is 15.4 Å². The van der Waals surface area contributed by atoms with Gasteiger partial charge >= 0.3 is 5.97 Å². The molecule has 3 rings (SSSR count). The maximum absolute atomic E-state index is 12.4. The van der Waals surface area contributed by atoms with Crippen molar-refractivity contribution in [3.05, 3.63) is 54.6 Å². The van der Waals surface area contributed by atoms with Gasteiger partial charge in [-0.3, -0.25) is 14.4 Å². The molecule has 0 aliphatic carbocycles. The van der Waals surface area contributed by atoms with E-state index in [1.54, 1.807) is 0 Å². The molecule has 1 aromatic carbocycles. The molecule has 2 aromatic rings. The number of aryl methyl sites for hydroxylation is 2. The number of carbonyl (C=O) groups is 3. The summed E-state index contributed by atoms with van der Waals surface area (Å²) in [5.74, 6) is -1.07. The number of hydrogen-bond donors (Lipinski definition) is 2. The molecule has 0 unspecified atom stereocenters. The first-order valence-corrected chi connectivity index (χ1v) is 12.8. The van der Waals surface area contributed by atoms with Crippen LogP contribution in [0.5, 0.6) is 0 Å². The van der Waals surface area contributed by atoms with Crippen LogP contribution in [0.1, 0.15) is 63.4 Å². The van der Waals surface area contributed by atoms with Gasteiger partial charge in [0.2, 0.25) is 18.1 Å². The van der Waals surface area contributed by atoms with Crippen molar-refractivity contribution < 1.29 is 23.7 Å². The smallest absolute Gasteiger partial charge is 0.308 e. The van der Waals surface area contributed by atoms with Gasteiger partial charge in [0.05, 0.1) is 26.6 Å². The molecule has 0 bridgehead atoms. The number of nitrogens with one attached hydrogen (secondary N) is 2. The summed E-state index contributed by atoms with van der Waals surface area (Å²) in [4.78, 5) is 36.8. The third kappa shape index (κ3) is 9.54. The minimum Gasteiger partial charge on any atom is -0.466 e. The van der Waals surface area contributed by atoms with E-state index in [2.05, 4.69) is 38.5 Å². The Morgan fingerprint density at radius 3 is 2.23 bits per heavy atom. The summed E-state index contributed by atoms with van der Waals surface area (Å²) in [6.07, 6.45) is 15.7. The zero-order valence-corrected chi connectivity index (χ0v) is 20.8. The fourth-order valence-corrected chi connectivity index (χ4v) is 4.32. The number of rotatable bonds is 15. The zero-order chi connectivity index (χ0) is 24.9. The summed E-state index contributed by atoms with van der Waals surface area (Å²) < 4.78 is 9.56. The van der Waals surface area contributed by atoms with Crippen molar-refractivity contribution >= 4 is 17.8 Å². The number of ether oxygens (including phenoxy) is 1. The van der Waals surface area contributed by atoms with E-state index in [-0.39, 0.29) is 18.2 Å². The first-order chi connectivity index (χ1) is 17.0. The van der Waals surface area contributed by atoms with Crippen LogP contribution < -0.4 is 15.2 Å². The second kappa shape index (κ2) is 14.3. The van der Waals surface area contributed by atoms with Crippen molar-refractivity contribution in [2.24, 2.45) is 7.05 Å². The number of imidazole rings is 1. The third-order valence-electron chi connectivity index (χ3n) is 6.32. The van der Waals surface area contributed by atoms with E-state index in [1.165, 1.54) is 32.1 Å². The van der Waals surface area contributed by atoms with Crippen LogP contribution >= 0.6 is 0 Å². The highest BCUT2D eigenvalue weighted by Crippen LogP contribution is 2.11. The van der Waals surface area contributed by atoms with E-state index in [1.807, 2.05) is 37.4 Å². The van der Waals surface area contributed by atoms with Gasteiger partial charge in [0.25, 0.3) is 0 Å². The van der Waals surface area contributed by atoms with E-state index < -0.39 is 18.1 Å². The molecule has 2 atom stereocenters. The summed E-state index contributed by atoms with van der Waals surface area (Å²) in [6.45, 7) is 1.43. The molecule has 2 N–H and O–H groups in total. The number of nitrogens with zero attached hydrogens (tertiary/aromatic N) is 2. The van der Waals surface area contributed by atoms with E-state index >= 15 is 0 Å². The highest BCUT2D eigenvalue weighted by molar-refractivity contribution is 5.98. The van der Waals surface area contributed by atoms with E-state index in [9.17, 15) is 14.4 Å². The Morgan fingerprint density at radius 1 is 0.914 bits per heavy atom. The number of hydrogen-bond acceptors (Lipinski definition) is 4. The molecule has 1 saturated heterocycles. The predicted octanol–water partition coefficient (Wildman–Crippen LogP) is 2.59. The van der Waals surface area contributed by atoms with Crippen molar-refractivity contribution in [1.29, 1.82) is 0 Å². The number of amides is 2. The van der Waals surface area contributed by atoms with Crippen molar-refractivity contribution in [2.75, 3.05) is 6.61 Å². The van der Waals surface area contributed by atoms with E-state index in [4.69, 9.17) is 4.74 Å². The third-order valence-corrected chi connectivity index (χ3v) is 6.32. The van der Waals surface area contributed by atoms with Gasteiger partial charge in [-0.15, -0.1) is 0 Å². The molecule has 2 amide bonds. The quantitative estimate of drug-likeness (QED) is 0.231. The lowest BCUT2D eigenvalue weighted by molar-refractivity contribution is -0.671. The summed E-state index contributed by atoms with van der Waals surface area (Å²) in [5, 5.41) is 5.39.